The summed E-state index contributed by atoms with van der Waals surface area (Å²) in [5.41, 5.74) is 0.913. The second-order valence-electron chi connectivity index (χ2n) is 6.93. The molecule has 0 heterocycles. The van der Waals surface area contributed by atoms with Crippen molar-refractivity contribution in [1.82, 2.24) is 5.32 Å². The van der Waals surface area contributed by atoms with Crippen LogP contribution in [0.1, 0.15) is 57.4 Å². The van der Waals surface area contributed by atoms with E-state index < -0.39 is 0 Å². The third kappa shape index (κ3) is 2.76. The fraction of sp³-hybridized carbons (Fsp3) is 0.667. The lowest BCUT2D eigenvalue weighted by atomic mass is 9.73. The highest BCUT2D eigenvalue weighted by molar-refractivity contribution is 5.24. The van der Waals surface area contributed by atoms with Crippen molar-refractivity contribution in [2.75, 3.05) is 0 Å². The van der Waals surface area contributed by atoms with E-state index in [0.29, 0.717) is 18.0 Å². The fourth-order valence-corrected chi connectivity index (χ4v) is 3.93. The van der Waals surface area contributed by atoms with Crippen molar-refractivity contribution in [3.8, 4) is 0 Å². The average molecular weight is 275 g/mol. The lowest BCUT2D eigenvalue weighted by molar-refractivity contribution is 0.161. The largest absolute Gasteiger partial charge is 0.311 e. The van der Waals surface area contributed by atoms with Crippen LogP contribution in [-0.2, 0) is 0 Å². The fourth-order valence-electron chi connectivity index (χ4n) is 3.93. The zero-order chi connectivity index (χ0) is 14.1. The molecule has 0 bridgehead atoms. The summed E-state index contributed by atoms with van der Waals surface area (Å²) >= 11 is 0. The summed E-state index contributed by atoms with van der Waals surface area (Å²) in [4.78, 5) is 0. The maximum atomic E-state index is 13.7. The highest BCUT2D eigenvalue weighted by atomic mass is 19.1. The summed E-state index contributed by atoms with van der Waals surface area (Å²) in [7, 11) is 0. The minimum atomic E-state index is -0.0318. The molecule has 110 valence electrons. The Balaban J connectivity index is 1.52. The van der Waals surface area contributed by atoms with Gasteiger partial charge >= 0.3 is 0 Å². The summed E-state index contributed by atoms with van der Waals surface area (Å²) in [6.07, 6.45) is 6.23. The zero-order valence-electron chi connectivity index (χ0n) is 12.6. The molecule has 1 nitrogen and oxygen atoms in total. The van der Waals surface area contributed by atoms with Crippen molar-refractivity contribution in [2.24, 2.45) is 11.8 Å². The van der Waals surface area contributed by atoms with Crippen LogP contribution in [0.5, 0.6) is 0 Å². The lowest BCUT2D eigenvalue weighted by Crippen LogP contribution is -2.50. The van der Waals surface area contributed by atoms with Gasteiger partial charge in [-0.2, -0.15) is 0 Å². The Morgan fingerprint density at radius 2 is 1.85 bits per heavy atom. The van der Waals surface area contributed by atoms with E-state index in [1.165, 1.54) is 19.3 Å². The first-order valence-corrected chi connectivity index (χ1v) is 8.15. The second-order valence-corrected chi connectivity index (χ2v) is 6.93. The summed E-state index contributed by atoms with van der Waals surface area (Å²) in [5, 5.41) is 3.83. The molecular weight excluding hydrogens is 249 g/mol. The Morgan fingerprint density at radius 3 is 2.60 bits per heavy atom. The first kappa shape index (κ1) is 14.1. The van der Waals surface area contributed by atoms with Gasteiger partial charge in [0.15, 0.2) is 0 Å². The summed E-state index contributed by atoms with van der Waals surface area (Å²) in [6.45, 7) is 4.76. The average Bonchev–Trinajstić information content (AvgIpc) is 2.39. The predicted octanol–water partition coefficient (Wildman–Crippen LogP) is 4.49. The molecule has 3 atom stereocenters. The van der Waals surface area contributed by atoms with Gasteiger partial charge in [0.2, 0.25) is 0 Å². The van der Waals surface area contributed by atoms with E-state index in [-0.39, 0.29) is 5.82 Å². The molecule has 2 fully saturated rings. The van der Waals surface area contributed by atoms with Gasteiger partial charge in [-0.3, -0.25) is 0 Å². The van der Waals surface area contributed by atoms with Crippen molar-refractivity contribution in [3.63, 3.8) is 0 Å². The summed E-state index contributed by atoms with van der Waals surface area (Å²) in [6, 6.07) is 8.52. The van der Waals surface area contributed by atoms with Crippen molar-refractivity contribution in [2.45, 2.75) is 64.0 Å². The quantitative estimate of drug-likeness (QED) is 0.857. The van der Waals surface area contributed by atoms with Crippen molar-refractivity contribution in [3.05, 3.63) is 35.6 Å². The van der Waals surface area contributed by atoms with Crippen molar-refractivity contribution < 1.29 is 4.39 Å². The maximum Gasteiger partial charge on any atom is 0.126 e. The van der Waals surface area contributed by atoms with Crippen molar-refractivity contribution >= 4 is 0 Å². The second kappa shape index (κ2) is 5.85. The van der Waals surface area contributed by atoms with Crippen molar-refractivity contribution in [1.29, 1.82) is 0 Å². The third-order valence-corrected chi connectivity index (χ3v) is 5.64. The number of benzene rings is 1. The van der Waals surface area contributed by atoms with E-state index in [1.807, 2.05) is 12.1 Å². The topological polar surface area (TPSA) is 12.0 Å². The summed E-state index contributed by atoms with van der Waals surface area (Å²) in [5.74, 6) is 2.00. The molecule has 2 aliphatic rings. The molecule has 0 amide bonds. The van der Waals surface area contributed by atoms with Crippen LogP contribution in [0.15, 0.2) is 24.3 Å². The Kier molecular flexibility index (Phi) is 4.11. The molecule has 0 spiro atoms. The number of rotatable bonds is 3. The van der Waals surface area contributed by atoms with Gasteiger partial charge in [-0.05, 0) is 48.6 Å². The standard InChI is InChI=1S/C18H26FN/c1-12-6-5-9-18(13(12)2)20-15-10-14(11-15)16-7-3-4-8-17(16)19/h3-4,7-8,12-15,18,20H,5-6,9-11H2,1-2H3. The SMILES string of the molecule is CC1CCCC(NC2CC(c3ccccc3F)C2)C1C. The van der Waals surface area contributed by atoms with Crippen LogP contribution in [0.2, 0.25) is 0 Å². The van der Waals surface area contributed by atoms with E-state index >= 15 is 0 Å². The highest BCUT2D eigenvalue weighted by Gasteiger charge is 2.35. The van der Waals surface area contributed by atoms with E-state index in [1.54, 1.807) is 12.1 Å². The van der Waals surface area contributed by atoms with Gasteiger partial charge in [0.1, 0.15) is 5.82 Å². The van der Waals surface area contributed by atoms with Crippen LogP contribution >= 0.6 is 0 Å². The van der Waals surface area contributed by atoms with E-state index in [4.69, 9.17) is 0 Å². The van der Waals surface area contributed by atoms with Gasteiger partial charge in [-0.15, -0.1) is 0 Å². The van der Waals surface area contributed by atoms with Gasteiger partial charge in [-0.1, -0.05) is 44.9 Å². The Morgan fingerprint density at radius 1 is 1.10 bits per heavy atom. The molecule has 3 rings (SSSR count). The number of nitrogens with one attached hydrogen (secondary N) is 1. The molecule has 0 radical (unpaired) electrons. The molecular formula is C18H26FN. The van der Waals surface area contributed by atoms with E-state index in [9.17, 15) is 4.39 Å². The molecule has 0 aliphatic heterocycles. The Hall–Kier alpha value is -0.890. The molecule has 2 aliphatic carbocycles. The summed E-state index contributed by atoms with van der Waals surface area (Å²) < 4.78 is 13.7. The Bertz CT molecular complexity index is 452. The zero-order valence-corrected chi connectivity index (χ0v) is 12.6. The van der Waals surface area contributed by atoms with E-state index in [0.717, 1.165) is 30.2 Å². The van der Waals surface area contributed by atoms with Gasteiger partial charge in [0, 0.05) is 12.1 Å². The van der Waals surface area contributed by atoms with Gasteiger partial charge < -0.3 is 5.32 Å². The first-order valence-electron chi connectivity index (χ1n) is 8.15. The van der Waals surface area contributed by atoms with Crippen LogP contribution in [0.3, 0.4) is 0 Å². The molecule has 1 aromatic rings. The normalized spacial score (nSPS) is 37.5. The predicted molar refractivity (Wildman–Crippen MR) is 81.3 cm³/mol. The molecule has 1 N–H and O–H groups in total. The van der Waals surface area contributed by atoms with Gasteiger partial charge in [-0.25, -0.2) is 4.39 Å². The van der Waals surface area contributed by atoms with Gasteiger partial charge in [0.25, 0.3) is 0 Å². The minimum absolute atomic E-state index is 0.0318. The van der Waals surface area contributed by atoms with Crippen LogP contribution in [0, 0.1) is 17.7 Å². The molecule has 2 saturated carbocycles. The third-order valence-electron chi connectivity index (χ3n) is 5.64. The molecule has 20 heavy (non-hydrogen) atoms. The van der Waals surface area contributed by atoms with Crippen LogP contribution < -0.4 is 5.32 Å². The smallest absolute Gasteiger partial charge is 0.126 e. The van der Waals surface area contributed by atoms with Gasteiger partial charge in [0.05, 0.1) is 0 Å². The van der Waals surface area contributed by atoms with Crippen LogP contribution in [0.25, 0.3) is 0 Å². The first-order chi connectivity index (χ1) is 9.65. The molecule has 3 unspecified atom stereocenters. The number of halogens is 1. The number of hydrogen-bond donors (Lipinski definition) is 1. The number of hydrogen-bond acceptors (Lipinski definition) is 1. The lowest BCUT2D eigenvalue weighted by Gasteiger charge is -2.43. The minimum Gasteiger partial charge on any atom is -0.311 e. The monoisotopic (exact) mass is 275 g/mol. The highest BCUT2D eigenvalue weighted by Crippen LogP contribution is 2.39. The van der Waals surface area contributed by atoms with Crippen LogP contribution in [-0.4, -0.2) is 12.1 Å². The molecule has 2 heteroatoms. The maximum absolute atomic E-state index is 13.7. The molecule has 1 aromatic carbocycles. The molecule has 0 saturated heterocycles. The molecule has 0 aromatic heterocycles. The van der Waals surface area contributed by atoms with E-state index in [2.05, 4.69) is 19.2 Å². The van der Waals surface area contributed by atoms with Crippen LogP contribution in [0.4, 0.5) is 4.39 Å². The Labute approximate surface area is 122 Å².